The fraction of sp³-hybridized carbons (Fsp3) is 0.0294. The summed E-state index contributed by atoms with van der Waals surface area (Å²) in [4.78, 5) is 14.3. The molecular formula is C102H75Au2Cl6I2N3P6. The van der Waals surface area contributed by atoms with E-state index in [-0.39, 0.29) is 109 Å². The molecule has 0 spiro atoms. The van der Waals surface area contributed by atoms with Crippen molar-refractivity contribution in [3.63, 3.8) is 0 Å². The van der Waals surface area contributed by atoms with Crippen LogP contribution in [0.2, 0.25) is 0 Å². The van der Waals surface area contributed by atoms with E-state index >= 15 is 0 Å². The van der Waals surface area contributed by atoms with Crippen LogP contribution in [0.5, 0.6) is 0 Å². The predicted molar refractivity (Wildman–Crippen MR) is 518 cm³/mol. The van der Waals surface area contributed by atoms with Crippen molar-refractivity contribution in [3.05, 3.63) is 453 Å². The SMILES string of the molecule is C(#CP(c1ccccc1)c1ccccc1)c1cccc(C#CP(c2ccccc2)c2ccccc2)n1.C(#CP(c1ccccc1)c1ccccc1)c1cccc(C#CP(c2ccccc2)c2ccccc2)n1.C(#CP(c1ccccc1)c1ccccc1)c1cccc(C#CP(c2ccccc2)c2ccccc2)n1.ClCCl.ClCCl.ClCCl.[Au+].[Au+].[I-].[I-]. The second-order valence-electron chi connectivity index (χ2n) is 24.0. The molecule has 0 aliphatic carbocycles. The first-order valence-corrected chi connectivity index (χ1v) is 47.9. The van der Waals surface area contributed by atoms with Crippen molar-refractivity contribution in [2.24, 2.45) is 0 Å². The average Bonchev–Trinajstić information content (AvgIpc) is 0.866. The molecule has 0 saturated carbocycles. The van der Waals surface area contributed by atoms with Crippen molar-refractivity contribution in [1.82, 2.24) is 15.0 Å². The molecule has 0 amide bonds. The maximum absolute atomic E-state index is 4.76. The standard InChI is InChI=1S/3C33H23NP2.3CH2Cl2.2Au.2HI/c3*1-5-16-30(17-6-1)35(31-18-7-2-8-19-31)26-24-28-14-13-15-29(34-28)25-27-36(32-20-9-3-10-21-32)33-22-11-4-12-23-33;3*2-1-3;;;;/h3*1-23H;3*1H2;;;2*1H/q;;;;;;2*+1;;/p-2. The maximum atomic E-state index is 4.76. The normalized spacial score (nSPS) is 9.62. The first kappa shape index (κ1) is 103. The van der Waals surface area contributed by atoms with E-state index in [0.717, 1.165) is 34.2 Å². The summed E-state index contributed by atoms with van der Waals surface area (Å²) in [6, 6.07) is 144. The summed E-state index contributed by atoms with van der Waals surface area (Å²) in [6.07, 6.45) is 0. The zero-order valence-electron chi connectivity index (χ0n) is 64.6. The van der Waals surface area contributed by atoms with Gasteiger partial charge >= 0.3 is 44.8 Å². The molecule has 3 aromatic heterocycles. The first-order chi connectivity index (χ1) is 57.8. The minimum atomic E-state index is -0.797. The van der Waals surface area contributed by atoms with E-state index in [1.54, 1.807) is 0 Å². The number of aromatic nitrogens is 3. The van der Waals surface area contributed by atoms with E-state index in [1.807, 2.05) is 127 Å². The van der Waals surface area contributed by atoms with E-state index in [2.05, 4.69) is 361 Å². The molecule has 3 heterocycles. The first-order valence-electron chi connectivity index (χ1n) is 36.6. The number of hydrogen-bond donors (Lipinski definition) is 0. The number of benzene rings is 12. The van der Waals surface area contributed by atoms with Crippen LogP contribution in [0.25, 0.3) is 0 Å². The van der Waals surface area contributed by atoms with Crippen LogP contribution in [-0.2, 0) is 44.8 Å². The molecule has 12 aromatic carbocycles. The Balaban J connectivity index is 0.000000263. The van der Waals surface area contributed by atoms with Crippen LogP contribution >= 0.6 is 117 Å². The van der Waals surface area contributed by atoms with Gasteiger partial charge in [0.1, 0.15) is 34.2 Å². The van der Waals surface area contributed by atoms with Crippen LogP contribution in [0.4, 0.5) is 0 Å². The van der Waals surface area contributed by atoms with Crippen molar-refractivity contribution in [2.45, 2.75) is 0 Å². The molecule has 606 valence electrons. The van der Waals surface area contributed by atoms with Gasteiger partial charge in [-0.05, 0) is 136 Å². The number of rotatable bonds is 12. The molecule has 0 unspecified atom stereocenters. The van der Waals surface area contributed by atoms with Gasteiger partial charge in [0.25, 0.3) is 0 Å². The fourth-order valence-electron chi connectivity index (χ4n) is 11.0. The fourth-order valence-corrected chi connectivity index (χ4v) is 21.3. The van der Waals surface area contributed by atoms with Gasteiger partial charge in [-0.2, -0.15) is 0 Å². The Morgan fingerprint density at radius 1 is 0.157 bits per heavy atom. The van der Waals surface area contributed by atoms with Gasteiger partial charge in [-0.15, -0.1) is 69.6 Å². The molecular weight excluding hydrogens is 2310 g/mol. The van der Waals surface area contributed by atoms with Gasteiger partial charge in [-0.25, -0.2) is 15.0 Å². The predicted octanol–water partition coefficient (Wildman–Crippen LogP) is 16.2. The number of hydrogen-bond acceptors (Lipinski definition) is 3. The number of nitrogens with zero attached hydrogens (tertiary/aromatic N) is 3. The van der Waals surface area contributed by atoms with Gasteiger partial charge in [-0.3, -0.25) is 0 Å². The Morgan fingerprint density at radius 2 is 0.248 bits per heavy atom. The zero-order valence-corrected chi connectivity index (χ0v) is 83.2. The van der Waals surface area contributed by atoms with E-state index in [9.17, 15) is 0 Å². The summed E-state index contributed by atoms with van der Waals surface area (Å²) in [6.45, 7) is 0. The number of alkyl halides is 6. The van der Waals surface area contributed by atoms with Crippen LogP contribution in [0.15, 0.2) is 419 Å². The Kier molecular flexibility index (Phi) is 51.8. The van der Waals surface area contributed by atoms with Gasteiger partial charge in [-0.1, -0.05) is 416 Å². The molecule has 0 aliphatic rings. The average molecular weight is 2390 g/mol. The van der Waals surface area contributed by atoms with Crippen molar-refractivity contribution < 1.29 is 92.7 Å². The Morgan fingerprint density at radius 3 is 0.339 bits per heavy atom. The van der Waals surface area contributed by atoms with Gasteiger partial charge in [0.2, 0.25) is 0 Å². The topological polar surface area (TPSA) is 38.7 Å². The van der Waals surface area contributed by atoms with E-state index in [0.29, 0.717) is 0 Å². The molecule has 3 nitrogen and oxygen atoms in total. The Bertz CT molecular complexity index is 4690. The van der Waals surface area contributed by atoms with Crippen molar-refractivity contribution >= 4 is 181 Å². The molecule has 121 heavy (non-hydrogen) atoms. The molecule has 0 saturated heterocycles. The largest absolute Gasteiger partial charge is 1.00 e. The van der Waals surface area contributed by atoms with Gasteiger partial charge in [0.15, 0.2) is 0 Å². The van der Waals surface area contributed by atoms with Crippen LogP contribution in [0, 0.1) is 69.5 Å². The third kappa shape index (κ3) is 35.7. The van der Waals surface area contributed by atoms with Crippen molar-refractivity contribution in [1.29, 1.82) is 0 Å². The molecule has 0 aliphatic heterocycles. The summed E-state index contributed by atoms with van der Waals surface area (Å²) in [5, 5.41) is 15.4. The molecule has 0 fully saturated rings. The Labute approximate surface area is 817 Å². The van der Waals surface area contributed by atoms with Crippen LogP contribution in [0.3, 0.4) is 0 Å². The van der Waals surface area contributed by atoms with Crippen LogP contribution in [-0.4, -0.2) is 31.0 Å². The molecule has 0 atom stereocenters. The maximum Gasteiger partial charge on any atom is 1.00 e. The van der Waals surface area contributed by atoms with Crippen molar-refractivity contribution in [3.8, 4) is 69.5 Å². The van der Waals surface area contributed by atoms with E-state index in [1.165, 1.54) is 63.7 Å². The smallest absolute Gasteiger partial charge is 1.00 e. The van der Waals surface area contributed by atoms with Gasteiger partial charge in [0, 0.05) is 47.5 Å². The third-order valence-corrected chi connectivity index (χ3v) is 28.0. The number of halogens is 8. The zero-order chi connectivity index (χ0) is 81.4. The second kappa shape index (κ2) is 61.1. The molecule has 0 radical (unpaired) electrons. The third-order valence-electron chi connectivity index (χ3n) is 16.2. The molecule has 19 heteroatoms. The molecule has 15 aromatic rings. The quantitative estimate of drug-likeness (QED) is 0.0402. The second-order valence-corrected chi connectivity index (χ2v) is 38.0. The Hall–Kier alpha value is -7.29. The van der Waals surface area contributed by atoms with Crippen LogP contribution < -0.4 is 112 Å². The van der Waals surface area contributed by atoms with Crippen LogP contribution in [0.1, 0.15) is 34.2 Å². The summed E-state index contributed by atoms with van der Waals surface area (Å²) in [5.41, 5.74) is 25.6. The summed E-state index contributed by atoms with van der Waals surface area (Å²) in [7, 11) is -4.78. The van der Waals surface area contributed by atoms with Gasteiger partial charge in [0.05, 0.1) is 16.0 Å². The summed E-state index contributed by atoms with van der Waals surface area (Å²) in [5.74, 6) is 20.0. The summed E-state index contributed by atoms with van der Waals surface area (Å²) >= 11 is 28.6. The van der Waals surface area contributed by atoms with Crippen molar-refractivity contribution in [2.75, 3.05) is 16.0 Å². The molecule has 0 N–H and O–H groups in total. The summed E-state index contributed by atoms with van der Waals surface area (Å²) < 4.78 is 0. The van der Waals surface area contributed by atoms with E-state index < -0.39 is 47.5 Å². The van der Waals surface area contributed by atoms with E-state index in [4.69, 9.17) is 84.6 Å². The minimum absolute atomic E-state index is 0. The minimum Gasteiger partial charge on any atom is -1.00 e. The number of pyridine rings is 3. The molecule has 15 rings (SSSR count). The molecule has 0 bridgehead atoms. The monoisotopic (exact) mass is 2380 g/mol. The van der Waals surface area contributed by atoms with Gasteiger partial charge < -0.3 is 48.0 Å².